The van der Waals surface area contributed by atoms with Gasteiger partial charge in [0.05, 0.1) is 5.69 Å². The smallest absolute Gasteiger partial charge is 0.158 e. The highest BCUT2D eigenvalue weighted by atomic mass is 32.1. The van der Waals surface area contributed by atoms with Gasteiger partial charge in [0.15, 0.2) is 11.5 Å². The molecule has 3 N–H and O–H groups in total. The molecule has 1 unspecified atom stereocenters. The summed E-state index contributed by atoms with van der Waals surface area (Å²) in [5.74, 6) is -0.236. The number of phenols is 2. The summed E-state index contributed by atoms with van der Waals surface area (Å²) in [6.07, 6.45) is 0. The van der Waals surface area contributed by atoms with E-state index in [1.165, 1.54) is 23.5 Å². The Morgan fingerprint density at radius 3 is 2.78 bits per heavy atom. The summed E-state index contributed by atoms with van der Waals surface area (Å²) in [6.45, 7) is 5.02. The van der Waals surface area contributed by atoms with Crippen molar-refractivity contribution in [1.29, 1.82) is 0 Å². The topological polar surface area (TPSA) is 65.4 Å². The van der Waals surface area contributed by atoms with Crippen LogP contribution in [0.15, 0.2) is 23.6 Å². The number of phenolic OH excluding ortho intramolecular Hbond substituents is 2. The SMILES string of the molecule is CCNC(C)c1csc(-c2ccc(O)c(O)c2)n1. The molecular weight excluding hydrogens is 248 g/mol. The Hall–Kier alpha value is -1.59. The summed E-state index contributed by atoms with van der Waals surface area (Å²) in [6, 6.07) is 4.95. The van der Waals surface area contributed by atoms with Crippen molar-refractivity contribution in [2.75, 3.05) is 6.54 Å². The molecule has 4 nitrogen and oxygen atoms in total. The fourth-order valence-electron chi connectivity index (χ4n) is 1.68. The molecule has 2 aromatic rings. The fourth-order valence-corrected chi connectivity index (χ4v) is 2.60. The first-order valence-corrected chi connectivity index (χ1v) is 6.71. The summed E-state index contributed by atoms with van der Waals surface area (Å²) in [7, 11) is 0. The van der Waals surface area contributed by atoms with Crippen LogP contribution >= 0.6 is 11.3 Å². The molecular formula is C13H16N2O2S. The van der Waals surface area contributed by atoms with E-state index in [0.29, 0.717) is 0 Å². The van der Waals surface area contributed by atoms with Gasteiger partial charge in [-0.3, -0.25) is 0 Å². The van der Waals surface area contributed by atoms with Crippen molar-refractivity contribution < 1.29 is 10.2 Å². The second kappa shape index (κ2) is 5.37. The number of rotatable bonds is 4. The maximum atomic E-state index is 9.48. The van der Waals surface area contributed by atoms with E-state index in [2.05, 4.69) is 24.1 Å². The predicted octanol–water partition coefficient (Wildman–Crippen LogP) is 2.89. The van der Waals surface area contributed by atoms with Crippen molar-refractivity contribution in [1.82, 2.24) is 10.3 Å². The number of hydrogen-bond acceptors (Lipinski definition) is 5. The Morgan fingerprint density at radius 2 is 2.11 bits per heavy atom. The van der Waals surface area contributed by atoms with Crippen molar-refractivity contribution in [3.8, 4) is 22.1 Å². The van der Waals surface area contributed by atoms with E-state index in [0.717, 1.165) is 22.8 Å². The molecule has 1 atom stereocenters. The molecule has 5 heteroatoms. The number of aromatic nitrogens is 1. The lowest BCUT2D eigenvalue weighted by atomic mass is 10.2. The number of aromatic hydroxyl groups is 2. The molecule has 0 saturated carbocycles. The summed E-state index contributed by atoms with van der Waals surface area (Å²) in [5, 5.41) is 24.9. The molecule has 0 aliphatic heterocycles. The number of hydrogen-bond donors (Lipinski definition) is 3. The van der Waals surface area contributed by atoms with E-state index in [4.69, 9.17) is 0 Å². The molecule has 1 heterocycles. The van der Waals surface area contributed by atoms with E-state index in [-0.39, 0.29) is 17.5 Å². The van der Waals surface area contributed by atoms with Gasteiger partial charge in [0, 0.05) is 17.0 Å². The van der Waals surface area contributed by atoms with Crippen LogP contribution in [-0.2, 0) is 0 Å². The zero-order valence-electron chi connectivity index (χ0n) is 10.3. The van der Waals surface area contributed by atoms with E-state index in [9.17, 15) is 10.2 Å². The molecule has 0 aliphatic rings. The third-order valence-corrected chi connectivity index (χ3v) is 3.61. The molecule has 18 heavy (non-hydrogen) atoms. The maximum absolute atomic E-state index is 9.48. The molecule has 0 radical (unpaired) electrons. The maximum Gasteiger partial charge on any atom is 0.158 e. The molecule has 0 amide bonds. The van der Waals surface area contributed by atoms with Crippen LogP contribution < -0.4 is 5.32 Å². The minimum absolute atomic E-state index is 0.114. The van der Waals surface area contributed by atoms with Gasteiger partial charge in [-0.15, -0.1) is 11.3 Å². The summed E-state index contributed by atoms with van der Waals surface area (Å²) >= 11 is 1.53. The van der Waals surface area contributed by atoms with Gasteiger partial charge in [-0.25, -0.2) is 4.98 Å². The molecule has 1 aromatic carbocycles. The Kier molecular flexibility index (Phi) is 3.84. The van der Waals surface area contributed by atoms with E-state index in [1.54, 1.807) is 6.07 Å². The standard InChI is InChI=1S/C13H16N2O2S/c1-3-14-8(2)10-7-18-13(15-10)9-4-5-11(16)12(17)6-9/h4-8,14,16-17H,3H2,1-2H3. The lowest BCUT2D eigenvalue weighted by molar-refractivity contribution is 0.404. The average Bonchev–Trinajstić information content (AvgIpc) is 2.82. The van der Waals surface area contributed by atoms with Crippen LogP contribution in [0.5, 0.6) is 11.5 Å². The number of thiazole rings is 1. The highest BCUT2D eigenvalue weighted by Gasteiger charge is 2.11. The molecule has 0 saturated heterocycles. The molecule has 0 spiro atoms. The third-order valence-electron chi connectivity index (χ3n) is 2.70. The number of nitrogens with one attached hydrogen (secondary N) is 1. The molecule has 0 aliphatic carbocycles. The van der Waals surface area contributed by atoms with Crippen LogP contribution in [0.25, 0.3) is 10.6 Å². The quantitative estimate of drug-likeness (QED) is 0.743. The van der Waals surface area contributed by atoms with Crippen molar-refractivity contribution in [2.45, 2.75) is 19.9 Å². The van der Waals surface area contributed by atoms with Crippen molar-refractivity contribution >= 4 is 11.3 Å². The van der Waals surface area contributed by atoms with Crippen LogP contribution in [0.3, 0.4) is 0 Å². The summed E-state index contributed by atoms with van der Waals surface area (Å²) < 4.78 is 0. The predicted molar refractivity (Wildman–Crippen MR) is 73.0 cm³/mol. The van der Waals surface area contributed by atoms with Crippen LogP contribution in [0, 0.1) is 0 Å². The first-order chi connectivity index (χ1) is 8.61. The third kappa shape index (κ3) is 2.63. The molecule has 0 bridgehead atoms. The van der Waals surface area contributed by atoms with Crippen molar-refractivity contribution in [3.05, 3.63) is 29.3 Å². The Bertz CT molecular complexity index is 540. The van der Waals surface area contributed by atoms with E-state index in [1.807, 2.05) is 5.38 Å². The van der Waals surface area contributed by atoms with Crippen LogP contribution in [0.2, 0.25) is 0 Å². The van der Waals surface area contributed by atoms with Gasteiger partial charge in [-0.05, 0) is 31.7 Å². The Morgan fingerprint density at radius 1 is 1.33 bits per heavy atom. The van der Waals surface area contributed by atoms with Crippen molar-refractivity contribution in [2.24, 2.45) is 0 Å². The highest BCUT2D eigenvalue weighted by Crippen LogP contribution is 2.32. The highest BCUT2D eigenvalue weighted by molar-refractivity contribution is 7.13. The van der Waals surface area contributed by atoms with Gasteiger partial charge in [-0.1, -0.05) is 6.92 Å². The normalized spacial score (nSPS) is 12.6. The average molecular weight is 264 g/mol. The molecule has 1 aromatic heterocycles. The van der Waals surface area contributed by atoms with Crippen LogP contribution in [-0.4, -0.2) is 21.7 Å². The first kappa shape index (κ1) is 12.9. The Balaban J connectivity index is 2.26. The first-order valence-electron chi connectivity index (χ1n) is 5.83. The molecule has 2 rings (SSSR count). The zero-order chi connectivity index (χ0) is 13.1. The van der Waals surface area contributed by atoms with Gasteiger partial charge >= 0.3 is 0 Å². The van der Waals surface area contributed by atoms with E-state index < -0.39 is 0 Å². The van der Waals surface area contributed by atoms with Gasteiger partial charge in [-0.2, -0.15) is 0 Å². The molecule has 0 fully saturated rings. The summed E-state index contributed by atoms with van der Waals surface area (Å²) in [4.78, 5) is 4.53. The van der Waals surface area contributed by atoms with Gasteiger partial charge in [0.2, 0.25) is 0 Å². The second-order valence-electron chi connectivity index (χ2n) is 4.06. The number of benzene rings is 1. The van der Waals surface area contributed by atoms with E-state index >= 15 is 0 Å². The van der Waals surface area contributed by atoms with Crippen molar-refractivity contribution in [3.63, 3.8) is 0 Å². The second-order valence-corrected chi connectivity index (χ2v) is 4.92. The largest absolute Gasteiger partial charge is 0.504 e. The minimum atomic E-state index is -0.121. The Labute approximate surface area is 110 Å². The zero-order valence-corrected chi connectivity index (χ0v) is 11.2. The summed E-state index contributed by atoms with van der Waals surface area (Å²) in [5.41, 5.74) is 1.80. The number of nitrogens with zero attached hydrogens (tertiary/aromatic N) is 1. The van der Waals surface area contributed by atoms with Gasteiger partial charge in [0.25, 0.3) is 0 Å². The fraction of sp³-hybridized carbons (Fsp3) is 0.308. The molecule has 96 valence electrons. The lowest BCUT2D eigenvalue weighted by Gasteiger charge is -2.08. The lowest BCUT2D eigenvalue weighted by Crippen LogP contribution is -2.17. The monoisotopic (exact) mass is 264 g/mol. The minimum Gasteiger partial charge on any atom is -0.504 e. The van der Waals surface area contributed by atoms with Crippen LogP contribution in [0.1, 0.15) is 25.6 Å². The van der Waals surface area contributed by atoms with Gasteiger partial charge in [0.1, 0.15) is 5.01 Å². The van der Waals surface area contributed by atoms with Crippen LogP contribution in [0.4, 0.5) is 0 Å². The van der Waals surface area contributed by atoms with Gasteiger partial charge < -0.3 is 15.5 Å².